The lowest BCUT2D eigenvalue weighted by Gasteiger charge is -2.40. The van der Waals surface area contributed by atoms with Gasteiger partial charge in [-0.1, -0.05) is 12.1 Å². The highest BCUT2D eigenvalue weighted by molar-refractivity contribution is 5.89. The maximum atomic E-state index is 13.2. The van der Waals surface area contributed by atoms with Gasteiger partial charge in [-0.15, -0.1) is 0 Å². The van der Waals surface area contributed by atoms with Crippen LogP contribution in [0, 0.1) is 0 Å². The van der Waals surface area contributed by atoms with Crippen LogP contribution in [0.4, 0.5) is 0 Å². The standard InChI is InChI=1S/C29H31NO10/c31-22-7-3-18(13-24(22)33)5-9-26(35)39-20-15-21(17-29(38,16-20)28(37)30-11-1-2-12-30)40-27(36)10-6-19-4-8-23(32)25(34)14-19/h3-10,13-14,20-21,31-34,38H,1-2,11-12,15-17H2/b9-5+,10-6+/t20-,21?,29?/m0/s1. The Morgan fingerprint density at radius 1 is 0.750 bits per heavy atom. The summed E-state index contributed by atoms with van der Waals surface area (Å²) in [5, 5.41) is 49.5. The fourth-order valence-electron chi connectivity index (χ4n) is 4.89. The zero-order valence-corrected chi connectivity index (χ0v) is 21.6. The number of phenolic OH excluding ortho intramolecular Hbond substituents is 4. The lowest BCUT2D eigenvalue weighted by Crippen LogP contribution is -2.55. The summed E-state index contributed by atoms with van der Waals surface area (Å²) < 4.78 is 11.0. The van der Waals surface area contributed by atoms with E-state index >= 15 is 0 Å². The number of benzene rings is 2. The average molecular weight is 554 g/mol. The third-order valence-corrected chi connectivity index (χ3v) is 6.84. The minimum absolute atomic E-state index is 0.0503. The van der Waals surface area contributed by atoms with Crippen molar-refractivity contribution in [3.05, 3.63) is 59.7 Å². The van der Waals surface area contributed by atoms with Gasteiger partial charge in [0.25, 0.3) is 5.91 Å². The zero-order chi connectivity index (χ0) is 28.9. The number of phenols is 4. The normalized spacial score (nSPS) is 23.0. The summed E-state index contributed by atoms with van der Waals surface area (Å²) in [7, 11) is 0. The number of hydrogen-bond acceptors (Lipinski definition) is 10. The molecule has 5 N–H and O–H groups in total. The number of hydrogen-bond donors (Lipinski definition) is 5. The van der Waals surface area contributed by atoms with Crippen LogP contribution in [-0.4, -0.2) is 79.2 Å². The van der Waals surface area contributed by atoms with Crippen LogP contribution in [0.2, 0.25) is 0 Å². The third kappa shape index (κ3) is 7.11. The molecule has 1 amide bonds. The Hall–Kier alpha value is -4.51. The summed E-state index contributed by atoms with van der Waals surface area (Å²) in [6.45, 7) is 1.00. The van der Waals surface area contributed by atoms with Crippen LogP contribution in [0.3, 0.4) is 0 Å². The van der Waals surface area contributed by atoms with Crippen molar-refractivity contribution in [3.63, 3.8) is 0 Å². The molecule has 2 aliphatic rings. The van der Waals surface area contributed by atoms with Crippen molar-refractivity contribution in [1.82, 2.24) is 4.90 Å². The summed E-state index contributed by atoms with van der Waals surface area (Å²) in [5.41, 5.74) is -1.05. The molecular weight excluding hydrogens is 522 g/mol. The van der Waals surface area contributed by atoms with E-state index in [4.69, 9.17) is 9.47 Å². The molecule has 1 aliphatic carbocycles. The number of aromatic hydroxyl groups is 4. The molecule has 1 heterocycles. The van der Waals surface area contributed by atoms with Crippen molar-refractivity contribution in [2.24, 2.45) is 0 Å². The zero-order valence-electron chi connectivity index (χ0n) is 21.6. The molecule has 11 heteroatoms. The summed E-state index contributed by atoms with van der Waals surface area (Å²) >= 11 is 0. The fraction of sp³-hybridized carbons (Fsp3) is 0.345. The minimum atomic E-state index is -1.91. The van der Waals surface area contributed by atoms with E-state index in [2.05, 4.69) is 0 Å². The molecule has 2 unspecified atom stereocenters. The van der Waals surface area contributed by atoms with E-state index in [9.17, 15) is 39.9 Å². The van der Waals surface area contributed by atoms with Gasteiger partial charge in [0.15, 0.2) is 23.0 Å². The van der Waals surface area contributed by atoms with Crippen molar-refractivity contribution in [3.8, 4) is 23.0 Å². The molecular formula is C29H31NO10. The maximum Gasteiger partial charge on any atom is 0.331 e. The molecule has 3 atom stereocenters. The molecule has 0 spiro atoms. The number of ether oxygens (including phenoxy) is 2. The largest absolute Gasteiger partial charge is 0.504 e. The average Bonchev–Trinajstić information content (AvgIpc) is 3.44. The Morgan fingerprint density at radius 2 is 1.20 bits per heavy atom. The number of amides is 1. The molecule has 1 saturated heterocycles. The molecule has 1 saturated carbocycles. The van der Waals surface area contributed by atoms with E-state index in [-0.39, 0.29) is 42.3 Å². The van der Waals surface area contributed by atoms with E-state index in [1.165, 1.54) is 48.6 Å². The Morgan fingerprint density at radius 3 is 1.62 bits per heavy atom. The quantitative estimate of drug-likeness (QED) is 0.195. The van der Waals surface area contributed by atoms with Gasteiger partial charge in [0.05, 0.1) is 0 Å². The summed E-state index contributed by atoms with van der Waals surface area (Å²) in [4.78, 5) is 39.9. The van der Waals surface area contributed by atoms with Gasteiger partial charge in [0, 0.05) is 44.5 Å². The number of aliphatic hydroxyl groups is 1. The Bertz CT molecular complexity index is 1240. The second-order valence-corrected chi connectivity index (χ2v) is 9.96. The van der Waals surface area contributed by atoms with Crippen molar-refractivity contribution in [2.75, 3.05) is 13.1 Å². The molecule has 11 nitrogen and oxygen atoms in total. The van der Waals surface area contributed by atoms with Crippen LogP contribution < -0.4 is 0 Å². The van der Waals surface area contributed by atoms with Crippen LogP contribution in [0.25, 0.3) is 12.2 Å². The first kappa shape index (κ1) is 28.5. The minimum Gasteiger partial charge on any atom is -0.504 e. The van der Waals surface area contributed by atoms with Crippen molar-refractivity contribution < 1.29 is 49.4 Å². The highest BCUT2D eigenvalue weighted by Crippen LogP contribution is 2.35. The van der Waals surface area contributed by atoms with Crippen LogP contribution in [0.5, 0.6) is 23.0 Å². The fourth-order valence-corrected chi connectivity index (χ4v) is 4.89. The molecule has 4 rings (SSSR count). The van der Waals surface area contributed by atoms with Crippen molar-refractivity contribution in [2.45, 2.75) is 49.9 Å². The van der Waals surface area contributed by atoms with Gasteiger partial charge in [-0.05, 0) is 60.4 Å². The number of esters is 2. The molecule has 2 aromatic rings. The molecule has 1 aliphatic heterocycles. The van der Waals surface area contributed by atoms with Gasteiger partial charge >= 0.3 is 11.9 Å². The maximum absolute atomic E-state index is 13.2. The summed E-state index contributed by atoms with van der Waals surface area (Å²) in [5.74, 6) is -3.36. The van der Waals surface area contributed by atoms with Crippen molar-refractivity contribution >= 4 is 30.0 Å². The van der Waals surface area contributed by atoms with Crippen LogP contribution in [-0.2, 0) is 23.9 Å². The SMILES string of the molecule is O=C(/C=C/c1ccc(O)c(O)c1)OC1C[C@H](OC(=O)/C=C/c2ccc(O)c(O)c2)CC(O)(C(=O)N2CCCC2)C1. The van der Waals surface area contributed by atoms with Gasteiger partial charge in [-0.25, -0.2) is 9.59 Å². The predicted octanol–water partition coefficient (Wildman–Crippen LogP) is 2.60. The Balaban J connectivity index is 1.45. The molecule has 2 fully saturated rings. The Labute approximate surface area is 230 Å². The topological polar surface area (TPSA) is 174 Å². The van der Waals surface area contributed by atoms with E-state index in [0.717, 1.165) is 25.0 Å². The second-order valence-electron chi connectivity index (χ2n) is 9.96. The van der Waals surface area contributed by atoms with Gasteiger partial charge < -0.3 is 39.9 Å². The van der Waals surface area contributed by atoms with Gasteiger partial charge in [-0.2, -0.15) is 0 Å². The number of nitrogens with zero attached hydrogens (tertiary/aromatic N) is 1. The van der Waals surface area contributed by atoms with E-state index in [1.54, 1.807) is 4.90 Å². The molecule has 2 aromatic carbocycles. The van der Waals surface area contributed by atoms with Gasteiger partial charge in [0.2, 0.25) is 0 Å². The smallest absolute Gasteiger partial charge is 0.331 e. The lowest BCUT2D eigenvalue weighted by atomic mass is 9.80. The molecule has 212 valence electrons. The van der Waals surface area contributed by atoms with E-state index < -0.39 is 35.7 Å². The summed E-state index contributed by atoms with van der Waals surface area (Å²) in [6.07, 6.45) is 4.42. The van der Waals surface area contributed by atoms with Gasteiger partial charge in [-0.3, -0.25) is 4.79 Å². The van der Waals surface area contributed by atoms with Crippen LogP contribution in [0.1, 0.15) is 43.2 Å². The van der Waals surface area contributed by atoms with Gasteiger partial charge in [0.1, 0.15) is 17.8 Å². The number of carbonyl (C=O) groups excluding carboxylic acids is 3. The van der Waals surface area contributed by atoms with E-state index in [1.807, 2.05) is 0 Å². The first-order chi connectivity index (χ1) is 19.0. The number of carbonyl (C=O) groups is 3. The van der Waals surface area contributed by atoms with Crippen LogP contribution >= 0.6 is 0 Å². The van der Waals surface area contributed by atoms with Crippen molar-refractivity contribution in [1.29, 1.82) is 0 Å². The highest BCUT2D eigenvalue weighted by Gasteiger charge is 2.49. The Kier molecular flexibility index (Phi) is 8.64. The van der Waals surface area contributed by atoms with E-state index in [0.29, 0.717) is 24.2 Å². The molecule has 40 heavy (non-hydrogen) atoms. The number of likely N-dealkylation sites (tertiary alicyclic amines) is 1. The summed E-state index contributed by atoms with van der Waals surface area (Å²) in [6, 6.07) is 8.02. The third-order valence-electron chi connectivity index (χ3n) is 6.84. The lowest BCUT2D eigenvalue weighted by molar-refractivity contribution is -0.178. The molecule has 0 radical (unpaired) electrons. The molecule has 0 aromatic heterocycles. The first-order valence-electron chi connectivity index (χ1n) is 12.9. The first-order valence-corrected chi connectivity index (χ1v) is 12.9. The monoisotopic (exact) mass is 553 g/mol. The predicted molar refractivity (Wildman–Crippen MR) is 142 cm³/mol. The molecule has 0 bridgehead atoms. The van der Waals surface area contributed by atoms with Crippen LogP contribution in [0.15, 0.2) is 48.6 Å². The number of rotatable bonds is 7. The second kappa shape index (κ2) is 12.1. The highest BCUT2D eigenvalue weighted by atomic mass is 16.6.